The second-order valence-electron chi connectivity index (χ2n) is 5.70. The van der Waals surface area contributed by atoms with Gasteiger partial charge < -0.3 is 15.0 Å². The van der Waals surface area contributed by atoms with Crippen LogP contribution in [0, 0.1) is 11.8 Å². The van der Waals surface area contributed by atoms with Gasteiger partial charge in [0.15, 0.2) is 0 Å². The van der Waals surface area contributed by atoms with Crippen molar-refractivity contribution in [3.05, 3.63) is 0 Å². The maximum absolute atomic E-state index is 12.4. The summed E-state index contributed by atoms with van der Waals surface area (Å²) in [5, 5.41) is 3.28. The number of nitrogens with zero attached hydrogens (tertiary/aromatic N) is 1. The van der Waals surface area contributed by atoms with Gasteiger partial charge in [-0.25, -0.2) is 0 Å². The number of hydrogen-bond acceptors (Lipinski definition) is 3. The summed E-state index contributed by atoms with van der Waals surface area (Å²) in [7, 11) is 0. The van der Waals surface area contributed by atoms with Gasteiger partial charge in [-0.3, -0.25) is 4.79 Å². The molecule has 0 aromatic carbocycles. The summed E-state index contributed by atoms with van der Waals surface area (Å²) in [6, 6.07) is -0.152. The molecular weight excluding hydrogens is 252 g/mol. The first kappa shape index (κ1) is 15.7. The topological polar surface area (TPSA) is 41.6 Å². The van der Waals surface area contributed by atoms with Crippen LogP contribution in [-0.4, -0.2) is 49.2 Å². The summed E-state index contributed by atoms with van der Waals surface area (Å²) in [4.78, 5) is 14.5. The molecule has 18 heavy (non-hydrogen) atoms. The average Bonchev–Trinajstić information content (AvgIpc) is 2.27. The zero-order valence-electron chi connectivity index (χ0n) is 11.5. The maximum Gasteiger partial charge on any atom is 0.242 e. The summed E-state index contributed by atoms with van der Waals surface area (Å²) in [6.45, 7) is 9.71. The van der Waals surface area contributed by atoms with Gasteiger partial charge >= 0.3 is 0 Å². The number of halogens is 1. The minimum Gasteiger partial charge on any atom is -0.375 e. The van der Waals surface area contributed by atoms with Crippen molar-refractivity contribution in [1.82, 2.24) is 10.2 Å². The predicted molar refractivity (Wildman–Crippen MR) is 74.0 cm³/mol. The summed E-state index contributed by atoms with van der Waals surface area (Å²) in [6.07, 6.45) is 1.22. The number of rotatable bonds is 1. The molecule has 1 amide bonds. The van der Waals surface area contributed by atoms with Crippen LogP contribution in [0.4, 0.5) is 0 Å². The normalized spacial score (nSPS) is 36.9. The standard InChI is InChI=1S/C13H24N2O2.ClH/c1-9-6-10(2)8-15(7-9)13(16)12-11(3)17-5-4-14-12;/h9-12,14H,4-8H2,1-3H3;1H/t9?,10?,11-,12+;/m1./s1. The Morgan fingerprint density at radius 3 is 2.39 bits per heavy atom. The molecule has 0 saturated carbocycles. The average molecular weight is 277 g/mol. The highest BCUT2D eigenvalue weighted by atomic mass is 35.5. The van der Waals surface area contributed by atoms with Crippen molar-refractivity contribution in [3.63, 3.8) is 0 Å². The fraction of sp³-hybridized carbons (Fsp3) is 0.923. The monoisotopic (exact) mass is 276 g/mol. The van der Waals surface area contributed by atoms with Gasteiger partial charge in [0.2, 0.25) is 5.91 Å². The summed E-state index contributed by atoms with van der Waals surface area (Å²) >= 11 is 0. The van der Waals surface area contributed by atoms with E-state index in [0.717, 1.165) is 19.6 Å². The zero-order chi connectivity index (χ0) is 12.4. The Labute approximate surface area is 116 Å². The summed E-state index contributed by atoms with van der Waals surface area (Å²) < 4.78 is 5.55. The van der Waals surface area contributed by atoms with E-state index in [0.29, 0.717) is 18.4 Å². The predicted octanol–water partition coefficient (Wildman–Crippen LogP) is 1.29. The Kier molecular flexibility index (Phi) is 5.89. The highest BCUT2D eigenvalue weighted by molar-refractivity contribution is 5.85. The van der Waals surface area contributed by atoms with E-state index in [4.69, 9.17) is 4.74 Å². The number of likely N-dealkylation sites (tertiary alicyclic amines) is 1. The first-order chi connectivity index (χ1) is 8.08. The van der Waals surface area contributed by atoms with Gasteiger partial charge in [0.05, 0.1) is 12.7 Å². The molecule has 2 aliphatic rings. The van der Waals surface area contributed by atoms with Crippen molar-refractivity contribution in [2.75, 3.05) is 26.2 Å². The molecule has 0 bridgehead atoms. The van der Waals surface area contributed by atoms with E-state index in [2.05, 4.69) is 19.2 Å². The van der Waals surface area contributed by atoms with Crippen LogP contribution in [0.25, 0.3) is 0 Å². The quantitative estimate of drug-likeness (QED) is 0.785. The fourth-order valence-corrected chi connectivity index (χ4v) is 3.05. The SMILES string of the molecule is CC1CC(C)CN(C(=O)[C@H]2NCCO[C@@H]2C)C1.Cl. The number of carbonyl (C=O) groups excluding carboxylic acids is 1. The Hall–Kier alpha value is -0.320. The van der Waals surface area contributed by atoms with Crippen LogP contribution in [0.3, 0.4) is 0 Å². The molecule has 2 unspecified atom stereocenters. The van der Waals surface area contributed by atoms with E-state index in [1.165, 1.54) is 6.42 Å². The Morgan fingerprint density at radius 2 is 1.83 bits per heavy atom. The van der Waals surface area contributed by atoms with Gasteiger partial charge in [-0.1, -0.05) is 13.8 Å². The molecule has 0 spiro atoms. The van der Waals surface area contributed by atoms with Crippen molar-refractivity contribution in [3.8, 4) is 0 Å². The Balaban J connectivity index is 0.00000162. The molecule has 0 aromatic heterocycles. The van der Waals surface area contributed by atoms with Crippen LogP contribution in [0.2, 0.25) is 0 Å². The van der Waals surface area contributed by atoms with E-state index in [1.807, 2.05) is 11.8 Å². The van der Waals surface area contributed by atoms with Crippen molar-refractivity contribution in [2.45, 2.75) is 39.3 Å². The molecule has 0 aromatic rings. The lowest BCUT2D eigenvalue weighted by molar-refractivity contribution is -0.142. The summed E-state index contributed by atoms with van der Waals surface area (Å²) in [5.74, 6) is 1.45. The van der Waals surface area contributed by atoms with E-state index >= 15 is 0 Å². The van der Waals surface area contributed by atoms with Crippen molar-refractivity contribution in [1.29, 1.82) is 0 Å². The van der Waals surface area contributed by atoms with Gasteiger partial charge in [0, 0.05) is 19.6 Å². The maximum atomic E-state index is 12.4. The van der Waals surface area contributed by atoms with E-state index in [9.17, 15) is 4.79 Å². The smallest absolute Gasteiger partial charge is 0.242 e. The van der Waals surface area contributed by atoms with Crippen LogP contribution >= 0.6 is 12.4 Å². The van der Waals surface area contributed by atoms with Crippen LogP contribution < -0.4 is 5.32 Å². The number of carbonyl (C=O) groups is 1. The van der Waals surface area contributed by atoms with Crippen molar-refractivity contribution < 1.29 is 9.53 Å². The molecule has 4 nitrogen and oxygen atoms in total. The Bertz CT molecular complexity index is 278. The molecule has 1 N–H and O–H groups in total. The highest BCUT2D eigenvalue weighted by Crippen LogP contribution is 2.22. The molecule has 5 heteroatoms. The molecule has 2 saturated heterocycles. The van der Waals surface area contributed by atoms with Gasteiger partial charge in [-0.2, -0.15) is 0 Å². The van der Waals surface area contributed by atoms with E-state index in [-0.39, 0.29) is 30.5 Å². The third kappa shape index (κ3) is 3.59. The van der Waals surface area contributed by atoms with Gasteiger partial charge in [0.25, 0.3) is 0 Å². The molecule has 2 rings (SSSR count). The van der Waals surface area contributed by atoms with E-state index < -0.39 is 0 Å². The third-order valence-corrected chi connectivity index (χ3v) is 3.76. The van der Waals surface area contributed by atoms with Gasteiger partial charge in [-0.15, -0.1) is 12.4 Å². The van der Waals surface area contributed by atoms with Crippen LogP contribution in [0.1, 0.15) is 27.2 Å². The molecular formula is C13H25ClN2O2. The zero-order valence-corrected chi connectivity index (χ0v) is 12.3. The lowest BCUT2D eigenvalue weighted by Gasteiger charge is -2.39. The van der Waals surface area contributed by atoms with Crippen molar-refractivity contribution in [2.24, 2.45) is 11.8 Å². The van der Waals surface area contributed by atoms with Crippen LogP contribution in [-0.2, 0) is 9.53 Å². The molecule has 0 radical (unpaired) electrons. The van der Waals surface area contributed by atoms with Crippen molar-refractivity contribution >= 4 is 18.3 Å². The second kappa shape index (κ2) is 6.73. The molecule has 2 heterocycles. The fourth-order valence-electron chi connectivity index (χ4n) is 3.05. The van der Waals surface area contributed by atoms with Crippen LogP contribution in [0.15, 0.2) is 0 Å². The van der Waals surface area contributed by atoms with Gasteiger partial charge in [0.1, 0.15) is 6.04 Å². The minimum absolute atomic E-state index is 0. The lowest BCUT2D eigenvalue weighted by atomic mass is 9.91. The number of morpholine rings is 1. The summed E-state index contributed by atoms with van der Waals surface area (Å²) in [5.41, 5.74) is 0. The molecule has 0 aliphatic carbocycles. The highest BCUT2D eigenvalue weighted by Gasteiger charge is 2.34. The number of ether oxygens (including phenoxy) is 1. The second-order valence-corrected chi connectivity index (χ2v) is 5.70. The minimum atomic E-state index is -0.152. The first-order valence-electron chi connectivity index (χ1n) is 6.71. The Morgan fingerprint density at radius 1 is 1.22 bits per heavy atom. The third-order valence-electron chi connectivity index (χ3n) is 3.76. The molecule has 4 atom stereocenters. The number of nitrogens with one attached hydrogen (secondary N) is 1. The van der Waals surface area contributed by atoms with Crippen LogP contribution in [0.5, 0.6) is 0 Å². The van der Waals surface area contributed by atoms with Gasteiger partial charge in [-0.05, 0) is 25.2 Å². The van der Waals surface area contributed by atoms with E-state index in [1.54, 1.807) is 0 Å². The first-order valence-corrected chi connectivity index (χ1v) is 6.71. The molecule has 2 fully saturated rings. The largest absolute Gasteiger partial charge is 0.375 e. The molecule has 2 aliphatic heterocycles. The molecule has 106 valence electrons. The lowest BCUT2D eigenvalue weighted by Crippen LogP contribution is -2.58. The number of hydrogen-bond donors (Lipinski definition) is 1. The number of amides is 1. The number of piperidine rings is 1.